The molecule has 0 saturated carbocycles. The highest BCUT2D eigenvalue weighted by Gasteiger charge is 2.33. The number of hydrogen-bond acceptors (Lipinski definition) is 4. The molecule has 2 aromatic carbocycles. The smallest absolute Gasteiger partial charge is 0.127 e. The van der Waals surface area contributed by atoms with Crippen LogP contribution in [-0.4, -0.2) is 42.8 Å². The number of pyridine rings is 1. The van der Waals surface area contributed by atoms with E-state index in [4.69, 9.17) is 4.74 Å². The fourth-order valence-corrected chi connectivity index (χ4v) is 5.74. The van der Waals surface area contributed by atoms with Gasteiger partial charge in [-0.2, -0.15) is 0 Å². The number of aromatic nitrogens is 2. The number of hydrogen-bond donors (Lipinski definition) is 0. The molecule has 3 heterocycles. The minimum atomic E-state index is -2.48. The molecule has 1 aliphatic rings. The number of ether oxygens (including phenoxy) is 1. The molecule has 0 unspecified atom stereocenters. The van der Waals surface area contributed by atoms with E-state index >= 15 is 0 Å². The number of benzene rings is 2. The molecule has 7 heteroatoms. The van der Waals surface area contributed by atoms with Gasteiger partial charge in [0.2, 0.25) is 0 Å². The van der Waals surface area contributed by atoms with Crippen LogP contribution in [0.5, 0.6) is 0 Å². The molecule has 0 saturated heterocycles. The lowest BCUT2D eigenvalue weighted by Gasteiger charge is -2.28. The summed E-state index contributed by atoms with van der Waals surface area (Å²) in [5.41, 5.74) is 7.39. The van der Waals surface area contributed by atoms with Gasteiger partial charge in [0, 0.05) is 52.8 Å². The molecule has 0 N–H and O–H groups in total. The molecule has 5 nitrogen and oxygen atoms in total. The Hall–Kier alpha value is -3.08. The van der Waals surface area contributed by atoms with Crippen LogP contribution in [0.2, 0.25) is 0 Å². The summed E-state index contributed by atoms with van der Waals surface area (Å²) in [6.45, 7) is 8.89. The molecule has 0 fully saturated rings. The van der Waals surface area contributed by atoms with Gasteiger partial charge in [0.15, 0.2) is 0 Å². The monoisotopic (exact) mass is 489 g/mol. The van der Waals surface area contributed by atoms with Crippen molar-refractivity contribution >= 4 is 29.7 Å². The fourth-order valence-electron chi connectivity index (χ4n) is 4.97. The largest absolute Gasteiger partial charge is 0.384 e. The highest BCUT2D eigenvalue weighted by Crippen LogP contribution is 2.44. The molecule has 0 bridgehead atoms. The summed E-state index contributed by atoms with van der Waals surface area (Å²) in [5, 5.41) is 1.07. The van der Waals surface area contributed by atoms with Gasteiger partial charge in [-0.15, -0.1) is 0 Å². The summed E-state index contributed by atoms with van der Waals surface area (Å²) < 4.78 is 34.3. The van der Waals surface area contributed by atoms with Crippen LogP contribution >= 0.6 is 7.14 Å². The van der Waals surface area contributed by atoms with E-state index in [9.17, 15) is 8.96 Å². The van der Waals surface area contributed by atoms with Crippen LogP contribution in [0.4, 0.5) is 4.39 Å². The van der Waals surface area contributed by atoms with Crippen molar-refractivity contribution in [2.45, 2.75) is 25.8 Å². The minimum Gasteiger partial charge on any atom is -0.384 e. The number of halogens is 1. The van der Waals surface area contributed by atoms with Crippen LogP contribution in [0.25, 0.3) is 27.7 Å². The molecular weight excluding hydrogens is 460 g/mol. The second-order valence-electron chi connectivity index (χ2n) is 10.1. The molecule has 5 rings (SSSR count). The number of methoxy groups -OCH3 is 1. The van der Waals surface area contributed by atoms with Crippen molar-refractivity contribution in [3.63, 3.8) is 0 Å². The average Bonchev–Trinajstić information content (AvgIpc) is 3.40. The quantitative estimate of drug-likeness (QED) is 0.315. The Bertz CT molecular complexity index is 1500. The SMILES string of the molecule is COCC(C)(C)c1c(-c2ccc(P(C)(C)=O)nc2)c2cc3c(cc2n1-c1ccc(F)cc1)C=NC3. The van der Waals surface area contributed by atoms with Crippen LogP contribution in [0.15, 0.2) is 59.7 Å². The number of aliphatic imine (C=N–C) groups is 1. The summed E-state index contributed by atoms with van der Waals surface area (Å²) in [7, 11) is -0.777. The Labute approximate surface area is 205 Å². The highest BCUT2D eigenvalue weighted by atomic mass is 31.2. The van der Waals surface area contributed by atoms with Crippen LogP contribution in [-0.2, 0) is 21.3 Å². The topological polar surface area (TPSA) is 56.5 Å². The third kappa shape index (κ3) is 4.15. The molecule has 4 aromatic rings. The Morgan fingerprint density at radius 2 is 1.86 bits per heavy atom. The average molecular weight is 490 g/mol. The first kappa shape index (κ1) is 23.7. The van der Waals surface area contributed by atoms with Crippen LogP contribution in [0.1, 0.15) is 30.7 Å². The number of rotatable bonds is 6. The van der Waals surface area contributed by atoms with Crippen molar-refractivity contribution in [3.8, 4) is 16.8 Å². The van der Waals surface area contributed by atoms with Crippen molar-refractivity contribution < 1.29 is 13.7 Å². The van der Waals surface area contributed by atoms with Crippen LogP contribution < -0.4 is 5.44 Å². The first-order chi connectivity index (χ1) is 16.6. The van der Waals surface area contributed by atoms with Gasteiger partial charge in [-0.25, -0.2) is 4.39 Å². The second-order valence-corrected chi connectivity index (χ2v) is 13.3. The molecule has 0 spiro atoms. The second kappa shape index (κ2) is 8.54. The lowest BCUT2D eigenvalue weighted by Crippen LogP contribution is -2.27. The van der Waals surface area contributed by atoms with E-state index < -0.39 is 7.14 Å². The molecule has 0 atom stereocenters. The fraction of sp³-hybridized carbons (Fsp3) is 0.286. The Kier molecular flexibility index (Phi) is 5.77. The van der Waals surface area contributed by atoms with Gasteiger partial charge in [-0.3, -0.25) is 9.98 Å². The number of nitrogens with zero attached hydrogens (tertiary/aromatic N) is 3. The van der Waals surface area contributed by atoms with Gasteiger partial charge in [-0.05, 0) is 66.9 Å². The standard InChI is InChI=1S/C28H29FN3O2P/c1-28(2,17-34-3)27-26(18-6-11-25(31-16-18)35(4,5)33)23-12-19-14-30-15-20(19)13-24(23)32(27)22-9-7-21(29)8-10-22/h6-13,15-16H,14,17H2,1-5H3. The van der Waals surface area contributed by atoms with E-state index in [0.29, 0.717) is 18.6 Å². The molecular formula is C28H29FN3O2P. The van der Waals surface area contributed by atoms with Crippen molar-refractivity contribution in [1.82, 2.24) is 9.55 Å². The van der Waals surface area contributed by atoms with Gasteiger partial charge >= 0.3 is 0 Å². The predicted octanol–water partition coefficient (Wildman–Crippen LogP) is 5.94. The Morgan fingerprint density at radius 3 is 2.49 bits per heavy atom. The lowest BCUT2D eigenvalue weighted by molar-refractivity contribution is 0.144. The highest BCUT2D eigenvalue weighted by molar-refractivity contribution is 7.69. The predicted molar refractivity (Wildman–Crippen MR) is 142 cm³/mol. The van der Waals surface area contributed by atoms with E-state index in [-0.39, 0.29) is 11.2 Å². The maximum Gasteiger partial charge on any atom is 0.127 e. The molecule has 0 aliphatic carbocycles. The molecule has 35 heavy (non-hydrogen) atoms. The first-order valence-corrected chi connectivity index (χ1v) is 14.2. The summed E-state index contributed by atoms with van der Waals surface area (Å²) >= 11 is 0. The molecule has 0 radical (unpaired) electrons. The van der Waals surface area contributed by atoms with Gasteiger partial charge in [-0.1, -0.05) is 19.9 Å². The van der Waals surface area contributed by atoms with Crippen molar-refractivity contribution in [1.29, 1.82) is 0 Å². The van der Waals surface area contributed by atoms with Crippen LogP contribution in [0.3, 0.4) is 0 Å². The third-order valence-electron chi connectivity index (χ3n) is 6.54. The Morgan fingerprint density at radius 1 is 1.11 bits per heavy atom. The maximum atomic E-state index is 13.9. The zero-order valence-corrected chi connectivity index (χ0v) is 21.6. The summed E-state index contributed by atoms with van der Waals surface area (Å²) in [6.07, 6.45) is 3.72. The third-order valence-corrected chi connectivity index (χ3v) is 7.91. The van der Waals surface area contributed by atoms with E-state index in [1.165, 1.54) is 17.7 Å². The molecule has 1 aliphatic heterocycles. The summed E-state index contributed by atoms with van der Waals surface area (Å²) in [5.74, 6) is -0.278. The zero-order chi connectivity index (χ0) is 25.0. The van der Waals surface area contributed by atoms with Gasteiger partial charge < -0.3 is 13.9 Å². The summed E-state index contributed by atoms with van der Waals surface area (Å²) in [6, 6.07) is 14.8. The van der Waals surface area contributed by atoms with Gasteiger partial charge in [0.1, 0.15) is 13.0 Å². The summed E-state index contributed by atoms with van der Waals surface area (Å²) in [4.78, 5) is 9.05. The molecule has 2 aromatic heterocycles. The van der Waals surface area contributed by atoms with Crippen molar-refractivity contribution in [2.75, 3.05) is 27.0 Å². The molecule has 0 amide bonds. The Balaban J connectivity index is 1.90. The van der Waals surface area contributed by atoms with E-state index in [2.05, 4.69) is 40.5 Å². The minimum absolute atomic E-state index is 0.278. The maximum absolute atomic E-state index is 13.9. The van der Waals surface area contributed by atoms with E-state index in [0.717, 1.165) is 39.0 Å². The van der Waals surface area contributed by atoms with Gasteiger partial charge in [0.25, 0.3) is 0 Å². The lowest BCUT2D eigenvalue weighted by atomic mass is 9.85. The zero-order valence-electron chi connectivity index (χ0n) is 20.7. The molecule has 180 valence electrons. The normalized spacial score (nSPS) is 13.5. The van der Waals surface area contributed by atoms with Gasteiger partial charge in [0.05, 0.1) is 24.1 Å². The van der Waals surface area contributed by atoms with Crippen molar-refractivity contribution in [2.24, 2.45) is 4.99 Å². The van der Waals surface area contributed by atoms with Crippen LogP contribution in [0, 0.1) is 5.82 Å². The number of fused-ring (bicyclic) bond motifs is 2. The van der Waals surface area contributed by atoms with Crippen molar-refractivity contribution in [3.05, 3.63) is 77.4 Å². The first-order valence-electron chi connectivity index (χ1n) is 11.6. The van der Waals surface area contributed by atoms with E-state index in [1.54, 1.807) is 32.6 Å². The van der Waals surface area contributed by atoms with E-state index in [1.807, 2.05) is 24.5 Å².